The van der Waals surface area contributed by atoms with Gasteiger partial charge >= 0.3 is 12.1 Å². The zero-order valence-corrected chi connectivity index (χ0v) is 21.0. The third-order valence-electron chi connectivity index (χ3n) is 6.24. The number of methoxy groups -OCH3 is 1. The number of carbonyl (C=O) groups is 3. The van der Waals surface area contributed by atoms with Crippen molar-refractivity contribution in [3.63, 3.8) is 0 Å². The predicted octanol–water partition coefficient (Wildman–Crippen LogP) is 5.06. The standard InChI is InChI=1S/C26H25BrN2O5/c1-6-18-17-13-16(27)11-12-21(17)29(25(32)34-15(2)3)14-20(23(30)33-5)26(18)19-9-7-8-10-22(19)28(4)24(26)31/h6-15,18H,1H2,2-5H3/t18-,26-/m0/s1. The molecule has 0 saturated heterocycles. The summed E-state index contributed by atoms with van der Waals surface area (Å²) in [4.78, 5) is 43.5. The number of para-hydroxylation sites is 1. The number of allylic oxidation sites excluding steroid dienone is 1. The van der Waals surface area contributed by atoms with Crippen molar-refractivity contribution in [1.82, 2.24) is 0 Å². The summed E-state index contributed by atoms with van der Waals surface area (Å²) in [5.74, 6) is -1.74. The maximum atomic E-state index is 14.1. The first-order valence-electron chi connectivity index (χ1n) is 10.8. The minimum atomic E-state index is -1.50. The van der Waals surface area contributed by atoms with Crippen molar-refractivity contribution in [3.05, 3.63) is 82.5 Å². The Bertz CT molecular complexity index is 1240. The second-order valence-corrected chi connectivity index (χ2v) is 9.36. The Morgan fingerprint density at radius 1 is 1.18 bits per heavy atom. The fourth-order valence-electron chi connectivity index (χ4n) is 4.88. The van der Waals surface area contributed by atoms with Crippen LogP contribution >= 0.6 is 15.9 Å². The highest BCUT2D eigenvalue weighted by atomic mass is 79.9. The number of hydrogen-bond acceptors (Lipinski definition) is 5. The normalized spacial score (nSPS) is 21.1. The Hall–Kier alpha value is -3.39. The Morgan fingerprint density at radius 3 is 2.53 bits per heavy atom. The number of nitrogens with zero attached hydrogens (tertiary/aromatic N) is 2. The van der Waals surface area contributed by atoms with Crippen molar-refractivity contribution < 1.29 is 23.9 Å². The minimum Gasteiger partial charge on any atom is -0.466 e. The smallest absolute Gasteiger partial charge is 0.418 e. The number of fused-ring (bicyclic) bond motifs is 3. The largest absolute Gasteiger partial charge is 0.466 e. The molecule has 2 aromatic rings. The molecular weight excluding hydrogens is 500 g/mol. The number of carbonyl (C=O) groups excluding carboxylic acids is 3. The van der Waals surface area contributed by atoms with E-state index in [0.717, 1.165) is 4.47 Å². The number of esters is 1. The molecule has 0 unspecified atom stereocenters. The molecule has 0 bridgehead atoms. The highest BCUT2D eigenvalue weighted by Crippen LogP contribution is 2.57. The number of rotatable bonds is 3. The van der Waals surface area contributed by atoms with Crippen molar-refractivity contribution in [2.45, 2.75) is 31.3 Å². The van der Waals surface area contributed by atoms with Gasteiger partial charge in [0.25, 0.3) is 0 Å². The van der Waals surface area contributed by atoms with Crippen LogP contribution in [-0.2, 0) is 24.5 Å². The van der Waals surface area contributed by atoms with E-state index in [0.29, 0.717) is 22.5 Å². The van der Waals surface area contributed by atoms with Gasteiger partial charge in [0.1, 0.15) is 5.41 Å². The van der Waals surface area contributed by atoms with E-state index in [9.17, 15) is 14.4 Å². The first kappa shape index (κ1) is 23.8. The number of likely N-dealkylation sites (N-methyl/N-ethyl adjacent to an activating group) is 1. The number of amides is 2. The van der Waals surface area contributed by atoms with Gasteiger partial charge in [-0.3, -0.25) is 9.69 Å². The van der Waals surface area contributed by atoms with Crippen molar-refractivity contribution in [2.24, 2.45) is 0 Å². The van der Waals surface area contributed by atoms with Crippen LogP contribution in [0.2, 0.25) is 0 Å². The van der Waals surface area contributed by atoms with Crippen LogP contribution in [0.1, 0.15) is 30.9 Å². The van der Waals surface area contributed by atoms with Gasteiger partial charge in [0.05, 0.1) is 24.5 Å². The van der Waals surface area contributed by atoms with Crippen molar-refractivity contribution in [1.29, 1.82) is 0 Å². The third kappa shape index (κ3) is 3.36. The molecular formula is C26H25BrN2O5. The van der Waals surface area contributed by atoms with E-state index in [4.69, 9.17) is 9.47 Å². The molecule has 7 nitrogen and oxygen atoms in total. The van der Waals surface area contributed by atoms with Crippen LogP contribution in [-0.4, -0.2) is 38.2 Å². The summed E-state index contributed by atoms with van der Waals surface area (Å²) < 4.78 is 11.4. The molecule has 0 radical (unpaired) electrons. The molecule has 2 atom stereocenters. The molecule has 8 heteroatoms. The number of anilines is 2. The Morgan fingerprint density at radius 2 is 1.88 bits per heavy atom. The van der Waals surface area contributed by atoms with Gasteiger partial charge in [-0.1, -0.05) is 40.2 Å². The zero-order valence-electron chi connectivity index (χ0n) is 19.4. The summed E-state index contributed by atoms with van der Waals surface area (Å²) in [6.07, 6.45) is 1.95. The monoisotopic (exact) mass is 524 g/mol. The Kier molecular flexibility index (Phi) is 6.12. The SMILES string of the molecule is C=C[C@H]1c2cc(Br)ccc2N(C(=O)OC(C)C)C=C(C(=O)OC)[C@]12C(=O)N(C)c1ccccc12. The lowest BCUT2D eigenvalue weighted by atomic mass is 9.64. The third-order valence-corrected chi connectivity index (χ3v) is 6.73. The number of halogens is 1. The fourth-order valence-corrected chi connectivity index (χ4v) is 5.26. The van der Waals surface area contributed by atoms with Crippen LogP contribution in [0.25, 0.3) is 0 Å². The molecule has 0 fully saturated rings. The molecule has 2 aromatic carbocycles. The highest BCUT2D eigenvalue weighted by molar-refractivity contribution is 9.10. The molecule has 34 heavy (non-hydrogen) atoms. The van der Waals surface area contributed by atoms with E-state index < -0.39 is 29.5 Å². The van der Waals surface area contributed by atoms with Crippen LogP contribution in [0.15, 0.2) is 71.4 Å². The molecule has 2 aliphatic rings. The Balaban J connectivity index is 2.15. The lowest BCUT2D eigenvalue weighted by Gasteiger charge is -2.35. The van der Waals surface area contributed by atoms with Gasteiger partial charge in [0.15, 0.2) is 0 Å². The van der Waals surface area contributed by atoms with Crippen LogP contribution in [0.3, 0.4) is 0 Å². The van der Waals surface area contributed by atoms with Gasteiger partial charge in [-0.25, -0.2) is 9.59 Å². The summed E-state index contributed by atoms with van der Waals surface area (Å²) in [5, 5.41) is 0. The van der Waals surface area contributed by atoms with E-state index in [1.54, 1.807) is 39.1 Å². The lowest BCUT2D eigenvalue weighted by Crippen LogP contribution is -2.46. The van der Waals surface area contributed by atoms with Gasteiger partial charge in [-0.05, 0) is 49.2 Å². The van der Waals surface area contributed by atoms with E-state index >= 15 is 0 Å². The van der Waals surface area contributed by atoms with Gasteiger partial charge in [0.2, 0.25) is 5.91 Å². The average molecular weight is 525 g/mol. The lowest BCUT2D eigenvalue weighted by molar-refractivity contribution is -0.138. The average Bonchev–Trinajstić information content (AvgIpc) is 2.95. The predicted molar refractivity (Wildman–Crippen MR) is 133 cm³/mol. The van der Waals surface area contributed by atoms with Crippen molar-refractivity contribution >= 4 is 45.3 Å². The molecule has 4 rings (SSSR count). The van der Waals surface area contributed by atoms with Crippen molar-refractivity contribution in [3.8, 4) is 0 Å². The molecule has 0 aliphatic carbocycles. The molecule has 2 heterocycles. The zero-order chi connectivity index (χ0) is 24.8. The van der Waals surface area contributed by atoms with E-state index in [2.05, 4.69) is 22.5 Å². The van der Waals surface area contributed by atoms with E-state index in [-0.39, 0.29) is 11.5 Å². The minimum absolute atomic E-state index is 0.0229. The molecule has 2 amide bonds. The van der Waals surface area contributed by atoms with Crippen LogP contribution in [0.4, 0.5) is 16.2 Å². The van der Waals surface area contributed by atoms with Crippen LogP contribution in [0, 0.1) is 0 Å². The second-order valence-electron chi connectivity index (χ2n) is 8.44. The molecule has 0 aromatic heterocycles. The molecule has 0 saturated carbocycles. The van der Waals surface area contributed by atoms with Crippen LogP contribution in [0.5, 0.6) is 0 Å². The maximum absolute atomic E-state index is 14.1. The summed E-state index contributed by atoms with van der Waals surface area (Å²) >= 11 is 3.51. The van der Waals surface area contributed by atoms with Crippen molar-refractivity contribution in [2.75, 3.05) is 24.0 Å². The fraction of sp³-hybridized carbons (Fsp3) is 0.269. The summed E-state index contributed by atoms with van der Waals surface area (Å²) in [5.41, 5.74) is 0.950. The molecule has 176 valence electrons. The molecule has 2 aliphatic heterocycles. The van der Waals surface area contributed by atoms with Gasteiger partial charge in [0, 0.05) is 29.3 Å². The van der Waals surface area contributed by atoms with Crippen LogP contribution < -0.4 is 9.80 Å². The van der Waals surface area contributed by atoms with E-state index in [1.807, 2.05) is 30.3 Å². The number of benzene rings is 2. The quantitative estimate of drug-likeness (QED) is 0.414. The second kappa shape index (κ2) is 8.76. The number of hydrogen-bond donors (Lipinski definition) is 0. The topological polar surface area (TPSA) is 76.1 Å². The van der Waals surface area contributed by atoms with Gasteiger partial charge < -0.3 is 14.4 Å². The Labute approximate surface area is 206 Å². The highest BCUT2D eigenvalue weighted by Gasteiger charge is 2.60. The van der Waals surface area contributed by atoms with E-state index in [1.165, 1.54) is 23.1 Å². The summed E-state index contributed by atoms with van der Waals surface area (Å²) in [6, 6.07) is 12.7. The molecule has 1 spiro atoms. The molecule has 0 N–H and O–H groups in total. The van der Waals surface area contributed by atoms with Gasteiger partial charge in [-0.15, -0.1) is 6.58 Å². The summed E-state index contributed by atoms with van der Waals surface area (Å²) in [7, 11) is 2.92. The van der Waals surface area contributed by atoms with Gasteiger partial charge in [-0.2, -0.15) is 0 Å². The summed E-state index contributed by atoms with van der Waals surface area (Å²) in [6.45, 7) is 7.52. The first-order chi connectivity index (χ1) is 16.2. The first-order valence-corrected chi connectivity index (χ1v) is 11.6. The number of ether oxygens (including phenoxy) is 2. The maximum Gasteiger partial charge on any atom is 0.418 e.